The van der Waals surface area contributed by atoms with Crippen LogP contribution in [-0.4, -0.2) is 25.7 Å². The van der Waals surface area contributed by atoms with Gasteiger partial charge < -0.3 is 14.2 Å². The number of carbonyl (C=O) groups is 2. The van der Waals surface area contributed by atoms with Crippen LogP contribution in [0.4, 0.5) is 0 Å². The van der Waals surface area contributed by atoms with Crippen LogP contribution in [0.2, 0.25) is 0 Å². The van der Waals surface area contributed by atoms with Crippen molar-refractivity contribution in [2.24, 2.45) is 11.8 Å². The van der Waals surface area contributed by atoms with Gasteiger partial charge in [0.15, 0.2) is 11.5 Å². The van der Waals surface area contributed by atoms with E-state index in [4.69, 9.17) is 14.2 Å². The summed E-state index contributed by atoms with van der Waals surface area (Å²) in [7, 11) is 1.52. The van der Waals surface area contributed by atoms with E-state index in [2.05, 4.69) is 0 Å². The van der Waals surface area contributed by atoms with Crippen molar-refractivity contribution in [1.82, 2.24) is 0 Å². The molecule has 1 rings (SSSR count). The van der Waals surface area contributed by atoms with E-state index in [9.17, 15) is 9.59 Å². The Morgan fingerprint density at radius 3 is 2.42 bits per heavy atom. The van der Waals surface area contributed by atoms with Gasteiger partial charge in [0.25, 0.3) is 0 Å². The molecule has 1 aromatic carbocycles. The third kappa shape index (κ3) is 6.86. The second-order valence-electron chi connectivity index (χ2n) is 6.17. The molecule has 0 fully saturated rings. The minimum atomic E-state index is -0.311. The largest absolute Gasteiger partial charge is 0.493 e. The third-order valence-electron chi connectivity index (χ3n) is 3.10. The van der Waals surface area contributed by atoms with Crippen LogP contribution in [0.3, 0.4) is 0 Å². The predicted octanol–water partition coefficient (Wildman–Crippen LogP) is 3.86. The maximum atomic E-state index is 11.7. The van der Waals surface area contributed by atoms with Gasteiger partial charge in [-0.3, -0.25) is 9.59 Å². The molecule has 0 spiro atoms. The molecule has 0 saturated carbocycles. The third-order valence-corrected chi connectivity index (χ3v) is 3.10. The molecule has 0 saturated heterocycles. The van der Waals surface area contributed by atoms with E-state index in [1.165, 1.54) is 7.11 Å². The zero-order valence-electron chi connectivity index (χ0n) is 15.0. The van der Waals surface area contributed by atoms with Gasteiger partial charge in [-0.1, -0.05) is 39.8 Å². The van der Waals surface area contributed by atoms with E-state index in [1.807, 2.05) is 19.9 Å². The Morgan fingerprint density at radius 2 is 1.83 bits per heavy atom. The Hall–Kier alpha value is -2.30. The van der Waals surface area contributed by atoms with Crippen molar-refractivity contribution >= 4 is 18.0 Å². The van der Waals surface area contributed by atoms with Gasteiger partial charge in [-0.15, -0.1) is 0 Å². The number of benzene rings is 1. The predicted molar refractivity (Wildman–Crippen MR) is 92.9 cm³/mol. The molecule has 0 amide bonds. The van der Waals surface area contributed by atoms with E-state index >= 15 is 0 Å². The Labute approximate surface area is 143 Å². The van der Waals surface area contributed by atoms with Gasteiger partial charge in [-0.25, -0.2) is 0 Å². The molecule has 1 aromatic rings. The molecule has 132 valence electrons. The number of hydrogen-bond donors (Lipinski definition) is 0. The molecule has 24 heavy (non-hydrogen) atoms. The van der Waals surface area contributed by atoms with Crippen LogP contribution >= 0.6 is 0 Å². The van der Waals surface area contributed by atoms with Gasteiger partial charge in [-0.2, -0.15) is 0 Å². The summed E-state index contributed by atoms with van der Waals surface area (Å²) in [4.78, 5) is 23.1. The molecule has 0 bridgehead atoms. The van der Waals surface area contributed by atoms with E-state index < -0.39 is 0 Å². The topological polar surface area (TPSA) is 61.8 Å². The lowest BCUT2D eigenvalue weighted by Gasteiger charge is -2.11. The Bertz CT molecular complexity index is 587. The molecular weight excluding hydrogens is 308 g/mol. The summed E-state index contributed by atoms with van der Waals surface area (Å²) >= 11 is 0. The first-order valence-corrected chi connectivity index (χ1v) is 8.05. The molecule has 0 aromatic heterocycles. The smallest absolute Gasteiger partial charge is 0.313 e. The van der Waals surface area contributed by atoms with Gasteiger partial charge >= 0.3 is 11.9 Å². The van der Waals surface area contributed by atoms with E-state index in [1.54, 1.807) is 38.1 Å². The zero-order valence-corrected chi connectivity index (χ0v) is 15.0. The summed E-state index contributed by atoms with van der Waals surface area (Å²) in [6.07, 6.45) is 3.99. The van der Waals surface area contributed by atoms with Crippen molar-refractivity contribution in [2.75, 3.05) is 13.7 Å². The molecule has 5 nitrogen and oxygen atoms in total. The minimum Gasteiger partial charge on any atom is -0.493 e. The molecule has 0 aliphatic carbocycles. The van der Waals surface area contributed by atoms with Crippen LogP contribution in [-0.2, 0) is 14.3 Å². The van der Waals surface area contributed by atoms with Crippen LogP contribution < -0.4 is 9.47 Å². The number of hydrogen-bond acceptors (Lipinski definition) is 5. The molecule has 0 aliphatic heterocycles. The first-order chi connectivity index (χ1) is 11.3. The summed E-state index contributed by atoms with van der Waals surface area (Å²) in [5.74, 6) is 0.415. The van der Waals surface area contributed by atoms with Gasteiger partial charge in [0.05, 0.1) is 13.0 Å². The van der Waals surface area contributed by atoms with Gasteiger partial charge in [0.2, 0.25) is 0 Å². The van der Waals surface area contributed by atoms with Crippen LogP contribution in [0.5, 0.6) is 11.5 Å². The number of ether oxygens (including phenoxy) is 3. The molecular formula is C19H26O5. The molecule has 0 radical (unpaired) electrons. The Balaban J connectivity index is 2.65. The molecule has 5 heteroatoms. The molecule has 0 N–H and O–H groups in total. The summed E-state index contributed by atoms with van der Waals surface area (Å²) in [6, 6.07) is 5.25. The first-order valence-electron chi connectivity index (χ1n) is 8.05. The van der Waals surface area contributed by atoms with Crippen molar-refractivity contribution in [1.29, 1.82) is 0 Å². The fourth-order valence-corrected chi connectivity index (χ4v) is 1.82. The normalized spacial score (nSPS) is 11.1. The Morgan fingerprint density at radius 1 is 1.12 bits per heavy atom. The van der Waals surface area contributed by atoms with Gasteiger partial charge in [0, 0.05) is 6.42 Å². The molecule has 0 atom stereocenters. The van der Waals surface area contributed by atoms with Crippen LogP contribution in [0, 0.1) is 11.8 Å². The van der Waals surface area contributed by atoms with E-state index in [0.29, 0.717) is 17.9 Å². The highest BCUT2D eigenvalue weighted by molar-refractivity contribution is 5.75. The molecule has 0 aliphatic rings. The standard InChI is InChI=1S/C19H26O5/c1-13(2)11-18(20)23-10-6-7-15-8-9-16(17(12-15)22-5)24-19(21)14(3)4/h6-9,12-14H,10-11H2,1-5H3/b7-6+. The second kappa shape index (κ2) is 9.75. The monoisotopic (exact) mass is 334 g/mol. The van der Waals surface area contributed by atoms with Crippen molar-refractivity contribution in [3.63, 3.8) is 0 Å². The van der Waals surface area contributed by atoms with Crippen molar-refractivity contribution in [3.05, 3.63) is 29.8 Å². The fraction of sp³-hybridized carbons (Fsp3) is 0.474. The maximum Gasteiger partial charge on any atom is 0.313 e. The van der Waals surface area contributed by atoms with Gasteiger partial charge in [0.1, 0.15) is 6.61 Å². The van der Waals surface area contributed by atoms with Gasteiger partial charge in [-0.05, 0) is 29.7 Å². The van der Waals surface area contributed by atoms with Crippen molar-refractivity contribution < 1.29 is 23.8 Å². The number of methoxy groups -OCH3 is 1. The Kier molecular flexibility index (Phi) is 8.02. The first kappa shape index (κ1) is 19.7. The van der Waals surface area contributed by atoms with Crippen LogP contribution in [0.25, 0.3) is 6.08 Å². The lowest BCUT2D eigenvalue weighted by molar-refractivity contribution is -0.143. The van der Waals surface area contributed by atoms with Crippen LogP contribution in [0.15, 0.2) is 24.3 Å². The maximum absolute atomic E-state index is 11.7. The average molecular weight is 334 g/mol. The van der Waals surface area contributed by atoms with Crippen molar-refractivity contribution in [2.45, 2.75) is 34.1 Å². The average Bonchev–Trinajstić information content (AvgIpc) is 2.51. The lowest BCUT2D eigenvalue weighted by Crippen LogP contribution is -2.15. The lowest BCUT2D eigenvalue weighted by atomic mass is 10.1. The highest BCUT2D eigenvalue weighted by Crippen LogP contribution is 2.29. The quantitative estimate of drug-likeness (QED) is 0.533. The summed E-state index contributed by atoms with van der Waals surface area (Å²) in [6.45, 7) is 7.70. The SMILES string of the molecule is COc1cc(/C=C/COC(=O)CC(C)C)ccc1OC(=O)C(C)C. The highest BCUT2D eigenvalue weighted by atomic mass is 16.6. The number of esters is 2. The number of rotatable bonds is 8. The summed E-state index contributed by atoms with van der Waals surface area (Å²) in [5.41, 5.74) is 0.858. The number of carbonyl (C=O) groups excluding carboxylic acids is 2. The second-order valence-corrected chi connectivity index (χ2v) is 6.17. The summed E-state index contributed by atoms with van der Waals surface area (Å²) in [5, 5.41) is 0. The zero-order chi connectivity index (χ0) is 18.1. The van der Waals surface area contributed by atoms with E-state index in [0.717, 1.165) is 5.56 Å². The summed E-state index contributed by atoms with van der Waals surface area (Å²) < 4.78 is 15.7. The van der Waals surface area contributed by atoms with Crippen molar-refractivity contribution in [3.8, 4) is 11.5 Å². The minimum absolute atomic E-state index is 0.205. The van der Waals surface area contributed by atoms with E-state index in [-0.39, 0.29) is 30.4 Å². The molecule has 0 unspecified atom stereocenters. The van der Waals surface area contributed by atoms with Crippen LogP contribution in [0.1, 0.15) is 39.7 Å². The highest BCUT2D eigenvalue weighted by Gasteiger charge is 2.13. The fourth-order valence-electron chi connectivity index (χ4n) is 1.82. The molecule has 0 heterocycles.